The molecule has 0 fully saturated rings. The lowest BCUT2D eigenvalue weighted by Gasteiger charge is -2.08. The number of nitrogens with zero attached hydrogens (tertiary/aromatic N) is 1. The van der Waals surface area contributed by atoms with Crippen molar-refractivity contribution in [2.24, 2.45) is 0 Å². The Kier molecular flexibility index (Phi) is 5.16. The number of aromatic nitrogens is 1. The maximum Gasteiger partial charge on any atom is 0.250 e. The molecular weight excluding hydrogens is 186 g/mol. The first kappa shape index (κ1) is 12.0. The van der Waals surface area contributed by atoms with Gasteiger partial charge in [-0.15, -0.1) is 0 Å². The van der Waals surface area contributed by atoms with Gasteiger partial charge >= 0.3 is 0 Å². The lowest BCUT2D eigenvalue weighted by molar-refractivity contribution is 0.550. The van der Waals surface area contributed by atoms with Crippen molar-refractivity contribution in [2.75, 3.05) is 0 Å². The van der Waals surface area contributed by atoms with Crippen LogP contribution in [0.3, 0.4) is 0 Å². The van der Waals surface area contributed by atoms with Gasteiger partial charge in [-0.1, -0.05) is 38.7 Å². The molecule has 0 aliphatic heterocycles. The van der Waals surface area contributed by atoms with Crippen molar-refractivity contribution in [1.82, 2.24) is 4.57 Å². The maximum atomic E-state index is 11.5. The zero-order valence-corrected chi connectivity index (χ0v) is 9.83. The zero-order valence-electron chi connectivity index (χ0n) is 9.83. The quantitative estimate of drug-likeness (QED) is 0.657. The van der Waals surface area contributed by atoms with E-state index in [9.17, 15) is 4.79 Å². The average molecular weight is 207 g/mol. The molecule has 0 amide bonds. The minimum Gasteiger partial charge on any atom is -0.313 e. The molecule has 0 spiro atoms. The molecule has 0 aromatic carbocycles. The highest BCUT2D eigenvalue weighted by Gasteiger charge is 1.98. The summed E-state index contributed by atoms with van der Waals surface area (Å²) < 4.78 is 1.87. The summed E-state index contributed by atoms with van der Waals surface area (Å²) in [6.45, 7) is 5.08. The van der Waals surface area contributed by atoms with Crippen LogP contribution in [0.5, 0.6) is 0 Å². The fourth-order valence-corrected chi connectivity index (χ4v) is 1.78. The third-order valence-electron chi connectivity index (χ3n) is 2.75. The van der Waals surface area contributed by atoms with E-state index in [0.29, 0.717) is 0 Å². The smallest absolute Gasteiger partial charge is 0.250 e. The summed E-state index contributed by atoms with van der Waals surface area (Å²) >= 11 is 0. The third kappa shape index (κ3) is 3.90. The predicted molar refractivity (Wildman–Crippen MR) is 64.2 cm³/mol. The second kappa shape index (κ2) is 6.44. The fourth-order valence-electron chi connectivity index (χ4n) is 1.78. The zero-order chi connectivity index (χ0) is 11.1. The van der Waals surface area contributed by atoms with Crippen LogP contribution in [0.1, 0.15) is 44.7 Å². The van der Waals surface area contributed by atoms with Gasteiger partial charge in [0.05, 0.1) is 0 Å². The number of unbranched alkanes of at least 4 members (excludes halogenated alkanes) is 4. The normalized spacial score (nSPS) is 10.5. The Balaban J connectivity index is 2.40. The SMILES string of the molecule is CCCCCCCn1c(C)cccc1=O. The summed E-state index contributed by atoms with van der Waals surface area (Å²) in [5.74, 6) is 0. The van der Waals surface area contributed by atoms with E-state index >= 15 is 0 Å². The first-order valence-corrected chi connectivity index (χ1v) is 5.92. The minimum absolute atomic E-state index is 0.130. The van der Waals surface area contributed by atoms with Gasteiger partial charge in [0.15, 0.2) is 0 Å². The van der Waals surface area contributed by atoms with E-state index in [1.807, 2.05) is 23.6 Å². The van der Waals surface area contributed by atoms with E-state index in [4.69, 9.17) is 0 Å². The summed E-state index contributed by atoms with van der Waals surface area (Å²) in [6.07, 6.45) is 6.21. The lowest BCUT2D eigenvalue weighted by Crippen LogP contribution is -2.20. The summed E-state index contributed by atoms with van der Waals surface area (Å²) in [6, 6.07) is 5.46. The Morgan fingerprint density at radius 3 is 2.53 bits per heavy atom. The summed E-state index contributed by atoms with van der Waals surface area (Å²) in [4.78, 5) is 11.5. The summed E-state index contributed by atoms with van der Waals surface area (Å²) in [5, 5.41) is 0. The van der Waals surface area contributed by atoms with Crippen molar-refractivity contribution in [3.05, 3.63) is 34.2 Å². The van der Waals surface area contributed by atoms with Crippen molar-refractivity contribution in [1.29, 1.82) is 0 Å². The molecule has 0 unspecified atom stereocenters. The highest BCUT2D eigenvalue weighted by atomic mass is 16.1. The monoisotopic (exact) mass is 207 g/mol. The molecule has 0 bridgehead atoms. The standard InChI is InChI=1S/C13H21NO/c1-3-4-5-6-7-11-14-12(2)9-8-10-13(14)15/h8-10H,3-7,11H2,1-2H3. The summed E-state index contributed by atoms with van der Waals surface area (Å²) in [7, 11) is 0. The Morgan fingerprint density at radius 2 is 1.87 bits per heavy atom. The predicted octanol–water partition coefficient (Wildman–Crippen LogP) is 3.13. The molecule has 15 heavy (non-hydrogen) atoms. The Hall–Kier alpha value is -1.05. The molecule has 1 aromatic heterocycles. The Morgan fingerprint density at radius 1 is 1.13 bits per heavy atom. The molecule has 2 nitrogen and oxygen atoms in total. The van der Waals surface area contributed by atoms with Crippen LogP contribution in [0.25, 0.3) is 0 Å². The van der Waals surface area contributed by atoms with Gasteiger partial charge in [-0.05, 0) is 19.4 Å². The van der Waals surface area contributed by atoms with E-state index in [-0.39, 0.29) is 5.56 Å². The fraction of sp³-hybridized carbons (Fsp3) is 0.615. The van der Waals surface area contributed by atoms with Crippen LogP contribution in [-0.2, 0) is 6.54 Å². The van der Waals surface area contributed by atoms with Gasteiger partial charge in [-0.3, -0.25) is 4.79 Å². The van der Waals surface area contributed by atoms with Crippen molar-refractivity contribution in [3.63, 3.8) is 0 Å². The van der Waals surface area contributed by atoms with Crippen LogP contribution < -0.4 is 5.56 Å². The number of pyridine rings is 1. The number of aryl methyl sites for hydroxylation is 1. The van der Waals surface area contributed by atoms with Crippen molar-refractivity contribution in [3.8, 4) is 0 Å². The van der Waals surface area contributed by atoms with Crippen LogP contribution in [0.15, 0.2) is 23.0 Å². The average Bonchev–Trinajstić information content (AvgIpc) is 2.21. The maximum absolute atomic E-state index is 11.5. The molecule has 84 valence electrons. The van der Waals surface area contributed by atoms with E-state index in [0.717, 1.165) is 18.7 Å². The van der Waals surface area contributed by atoms with Crippen LogP contribution in [0.4, 0.5) is 0 Å². The second-order valence-corrected chi connectivity index (χ2v) is 4.07. The third-order valence-corrected chi connectivity index (χ3v) is 2.75. The molecule has 0 radical (unpaired) electrons. The topological polar surface area (TPSA) is 22.0 Å². The van der Waals surface area contributed by atoms with Crippen molar-refractivity contribution in [2.45, 2.75) is 52.5 Å². The van der Waals surface area contributed by atoms with Crippen molar-refractivity contribution >= 4 is 0 Å². The molecule has 0 N–H and O–H groups in total. The highest BCUT2D eigenvalue weighted by molar-refractivity contribution is 5.04. The minimum atomic E-state index is 0.130. The van der Waals surface area contributed by atoms with Gasteiger partial charge in [0, 0.05) is 18.3 Å². The van der Waals surface area contributed by atoms with Crippen LogP contribution >= 0.6 is 0 Å². The van der Waals surface area contributed by atoms with E-state index in [2.05, 4.69) is 6.92 Å². The van der Waals surface area contributed by atoms with E-state index in [1.165, 1.54) is 25.7 Å². The van der Waals surface area contributed by atoms with E-state index in [1.54, 1.807) is 6.07 Å². The van der Waals surface area contributed by atoms with Gasteiger partial charge in [0.1, 0.15) is 0 Å². The molecule has 0 aliphatic carbocycles. The highest BCUT2D eigenvalue weighted by Crippen LogP contribution is 2.04. The van der Waals surface area contributed by atoms with Gasteiger partial charge in [-0.25, -0.2) is 0 Å². The van der Waals surface area contributed by atoms with Gasteiger partial charge in [0.2, 0.25) is 0 Å². The van der Waals surface area contributed by atoms with Crippen LogP contribution in [-0.4, -0.2) is 4.57 Å². The van der Waals surface area contributed by atoms with Gasteiger partial charge in [0.25, 0.3) is 5.56 Å². The molecule has 0 atom stereocenters. The van der Waals surface area contributed by atoms with Crippen molar-refractivity contribution < 1.29 is 0 Å². The first-order valence-electron chi connectivity index (χ1n) is 5.92. The molecule has 2 heteroatoms. The number of hydrogen-bond donors (Lipinski definition) is 0. The van der Waals surface area contributed by atoms with Gasteiger partial charge in [-0.2, -0.15) is 0 Å². The lowest BCUT2D eigenvalue weighted by atomic mass is 10.1. The Bertz CT molecular complexity index is 341. The molecule has 0 saturated carbocycles. The number of rotatable bonds is 6. The van der Waals surface area contributed by atoms with Crippen LogP contribution in [0, 0.1) is 6.92 Å². The first-order chi connectivity index (χ1) is 7.25. The molecule has 1 aromatic rings. The van der Waals surface area contributed by atoms with Gasteiger partial charge < -0.3 is 4.57 Å². The molecular formula is C13H21NO. The van der Waals surface area contributed by atoms with E-state index < -0.39 is 0 Å². The Labute approximate surface area is 91.9 Å². The second-order valence-electron chi connectivity index (χ2n) is 4.07. The summed E-state index contributed by atoms with van der Waals surface area (Å²) in [5.41, 5.74) is 1.20. The van der Waals surface area contributed by atoms with Crippen LogP contribution in [0.2, 0.25) is 0 Å². The molecule has 1 heterocycles. The molecule has 0 saturated heterocycles. The molecule has 1 rings (SSSR count). The largest absolute Gasteiger partial charge is 0.313 e. The molecule has 0 aliphatic rings. The number of hydrogen-bond acceptors (Lipinski definition) is 1.